The quantitative estimate of drug-likeness (QED) is 0.333. The zero-order valence-corrected chi connectivity index (χ0v) is 16.1. The van der Waals surface area contributed by atoms with Crippen LogP contribution in [0.25, 0.3) is 0 Å². The molecule has 0 aliphatic carbocycles. The second-order valence-electron chi connectivity index (χ2n) is 7.01. The first-order valence-corrected chi connectivity index (χ1v) is 9.89. The number of aliphatic hydroxyl groups is 3. The standard InChI is InChI=1S/C19H36O7/c1-3-4-5-6-7-8-9-10-11-12-15(20)25-13-14-16(21)17(22)18(23)19(24-2)26-14/h14,16-19,21-23H,3-13H2,1-2H3/t14?,16-,17+,18?,19+/m1/s1. The fourth-order valence-electron chi connectivity index (χ4n) is 3.08. The molecular formula is C19H36O7. The molecule has 0 aromatic carbocycles. The van der Waals surface area contributed by atoms with E-state index < -0.39 is 30.7 Å². The summed E-state index contributed by atoms with van der Waals surface area (Å²) in [7, 11) is 1.32. The van der Waals surface area contributed by atoms with Crippen molar-refractivity contribution in [1.29, 1.82) is 0 Å². The summed E-state index contributed by atoms with van der Waals surface area (Å²) >= 11 is 0. The number of carbonyl (C=O) groups excluding carboxylic acids is 1. The molecule has 5 atom stereocenters. The Bertz CT molecular complexity index is 375. The first-order chi connectivity index (χ1) is 12.5. The molecule has 1 rings (SSSR count). The van der Waals surface area contributed by atoms with Crippen molar-refractivity contribution in [2.45, 2.75) is 102 Å². The van der Waals surface area contributed by atoms with E-state index in [0.29, 0.717) is 6.42 Å². The van der Waals surface area contributed by atoms with E-state index in [1.54, 1.807) is 0 Å². The van der Waals surface area contributed by atoms with E-state index in [-0.39, 0.29) is 12.6 Å². The van der Waals surface area contributed by atoms with Crippen molar-refractivity contribution < 1.29 is 34.3 Å². The smallest absolute Gasteiger partial charge is 0.305 e. The molecule has 0 aromatic heterocycles. The Labute approximate surface area is 156 Å². The van der Waals surface area contributed by atoms with Crippen molar-refractivity contribution in [3.05, 3.63) is 0 Å². The molecular weight excluding hydrogens is 340 g/mol. The largest absolute Gasteiger partial charge is 0.463 e. The van der Waals surface area contributed by atoms with Gasteiger partial charge in [-0.3, -0.25) is 4.79 Å². The summed E-state index contributed by atoms with van der Waals surface area (Å²) in [5.74, 6) is -0.349. The van der Waals surface area contributed by atoms with Crippen molar-refractivity contribution in [1.82, 2.24) is 0 Å². The lowest BCUT2D eigenvalue weighted by Gasteiger charge is -2.39. The van der Waals surface area contributed by atoms with Crippen LogP contribution in [0, 0.1) is 0 Å². The van der Waals surface area contributed by atoms with Gasteiger partial charge in [-0.15, -0.1) is 0 Å². The summed E-state index contributed by atoms with van der Waals surface area (Å²) in [6.07, 6.45) is 4.82. The van der Waals surface area contributed by atoms with E-state index in [9.17, 15) is 20.1 Å². The van der Waals surface area contributed by atoms with Crippen molar-refractivity contribution in [2.24, 2.45) is 0 Å². The number of aliphatic hydroxyl groups excluding tert-OH is 3. The van der Waals surface area contributed by atoms with E-state index in [0.717, 1.165) is 19.3 Å². The van der Waals surface area contributed by atoms with E-state index in [1.165, 1.54) is 45.6 Å². The Morgan fingerprint density at radius 2 is 1.46 bits per heavy atom. The minimum Gasteiger partial charge on any atom is -0.463 e. The molecule has 154 valence electrons. The highest BCUT2D eigenvalue weighted by Crippen LogP contribution is 2.22. The van der Waals surface area contributed by atoms with Gasteiger partial charge >= 0.3 is 5.97 Å². The molecule has 7 heteroatoms. The third-order valence-corrected chi connectivity index (χ3v) is 4.79. The van der Waals surface area contributed by atoms with Crippen LogP contribution in [-0.4, -0.2) is 65.7 Å². The normalized spacial score (nSPS) is 28.9. The average molecular weight is 376 g/mol. The first-order valence-electron chi connectivity index (χ1n) is 9.89. The van der Waals surface area contributed by atoms with Gasteiger partial charge in [-0.25, -0.2) is 0 Å². The summed E-state index contributed by atoms with van der Waals surface area (Å²) in [4.78, 5) is 11.8. The van der Waals surface area contributed by atoms with Crippen LogP contribution in [0.15, 0.2) is 0 Å². The van der Waals surface area contributed by atoms with Gasteiger partial charge in [0, 0.05) is 13.5 Å². The zero-order valence-electron chi connectivity index (χ0n) is 16.1. The van der Waals surface area contributed by atoms with Gasteiger partial charge in [0.2, 0.25) is 0 Å². The van der Waals surface area contributed by atoms with Gasteiger partial charge in [0.25, 0.3) is 0 Å². The fraction of sp³-hybridized carbons (Fsp3) is 0.947. The summed E-state index contributed by atoms with van der Waals surface area (Å²) in [6, 6.07) is 0. The SMILES string of the molecule is CCCCCCCCCCCC(=O)OCC1O[C@H](OC)C(O)[C@@H](O)[C@@H]1O. The number of rotatable bonds is 13. The molecule has 0 bridgehead atoms. The first kappa shape index (κ1) is 23.3. The second kappa shape index (κ2) is 13.4. The zero-order chi connectivity index (χ0) is 19.4. The van der Waals surface area contributed by atoms with E-state index in [2.05, 4.69) is 6.92 Å². The van der Waals surface area contributed by atoms with Gasteiger partial charge in [-0.1, -0.05) is 58.3 Å². The summed E-state index contributed by atoms with van der Waals surface area (Å²) in [5, 5.41) is 29.4. The van der Waals surface area contributed by atoms with Crippen LogP contribution in [-0.2, 0) is 19.0 Å². The van der Waals surface area contributed by atoms with Crippen LogP contribution >= 0.6 is 0 Å². The molecule has 7 nitrogen and oxygen atoms in total. The summed E-state index contributed by atoms with van der Waals surface area (Å²) < 4.78 is 15.4. The molecule has 0 amide bonds. The fourth-order valence-corrected chi connectivity index (χ4v) is 3.08. The van der Waals surface area contributed by atoms with Crippen molar-refractivity contribution in [3.8, 4) is 0 Å². The summed E-state index contributed by atoms with van der Waals surface area (Å²) in [6.45, 7) is 2.03. The number of carbonyl (C=O) groups is 1. The summed E-state index contributed by atoms with van der Waals surface area (Å²) in [5.41, 5.74) is 0. The molecule has 0 saturated carbocycles. The number of hydrogen-bond acceptors (Lipinski definition) is 7. The van der Waals surface area contributed by atoms with Crippen LogP contribution in [0.2, 0.25) is 0 Å². The highest BCUT2D eigenvalue weighted by molar-refractivity contribution is 5.69. The molecule has 0 radical (unpaired) electrons. The topological polar surface area (TPSA) is 105 Å². The molecule has 0 spiro atoms. The highest BCUT2D eigenvalue weighted by atomic mass is 16.7. The number of ether oxygens (including phenoxy) is 3. The number of hydrogen-bond donors (Lipinski definition) is 3. The van der Waals surface area contributed by atoms with Gasteiger partial charge in [0.05, 0.1) is 0 Å². The molecule has 1 saturated heterocycles. The Morgan fingerprint density at radius 3 is 2.04 bits per heavy atom. The molecule has 1 heterocycles. The van der Waals surface area contributed by atoms with Crippen molar-refractivity contribution >= 4 is 5.97 Å². The lowest BCUT2D eigenvalue weighted by molar-refractivity contribution is -0.295. The Balaban J connectivity index is 2.10. The Kier molecular flexibility index (Phi) is 12.0. The third kappa shape index (κ3) is 8.31. The maximum atomic E-state index is 11.8. The lowest BCUT2D eigenvalue weighted by atomic mass is 9.99. The molecule has 1 fully saturated rings. The van der Waals surface area contributed by atoms with Gasteiger partial charge in [0.15, 0.2) is 6.29 Å². The van der Waals surface area contributed by atoms with Crippen molar-refractivity contribution in [2.75, 3.05) is 13.7 Å². The molecule has 1 aliphatic heterocycles. The molecule has 26 heavy (non-hydrogen) atoms. The van der Waals surface area contributed by atoms with E-state index >= 15 is 0 Å². The molecule has 0 aromatic rings. The monoisotopic (exact) mass is 376 g/mol. The van der Waals surface area contributed by atoms with Gasteiger partial charge in [-0.05, 0) is 6.42 Å². The van der Waals surface area contributed by atoms with E-state index in [1.807, 2.05) is 0 Å². The van der Waals surface area contributed by atoms with Crippen molar-refractivity contribution in [3.63, 3.8) is 0 Å². The lowest BCUT2D eigenvalue weighted by Crippen LogP contribution is -2.59. The second-order valence-corrected chi connectivity index (χ2v) is 7.01. The van der Waals surface area contributed by atoms with Gasteiger partial charge < -0.3 is 29.5 Å². The molecule has 2 unspecified atom stereocenters. The van der Waals surface area contributed by atoms with Crippen LogP contribution in [0.5, 0.6) is 0 Å². The van der Waals surface area contributed by atoms with Gasteiger partial charge in [-0.2, -0.15) is 0 Å². The maximum absolute atomic E-state index is 11.8. The molecule has 1 aliphatic rings. The van der Waals surface area contributed by atoms with Crippen LogP contribution in [0.4, 0.5) is 0 Å². The minimum atomic E-state index is -1.41. The number of unbranched alkanes of at least 4 members (excludes halogenated alkanes) is 8. The minimum absolute atomic E-state index is 0.179. The Morgan fingerprint density at radius 1 is 0.885 bits per heavy atom. The Hall–Kier alpha value is -0.730. The third-order valence-electron chi connectivity index (χ3n) is 4.79. The number of esters is 1. The van der Waals surface area contributed by atoms with Crippen LogP contribution in [0.1, 0.15) is 71.1 Å². The predicted octanol–water partition coefficient (Wildman–Crippen LogP) is 1.90. The van der Waals surface area contributed by atoms with Crippen LogP contribution < -0.4 is 0 Å². The predicted molar refractivity (Wildman–Crippen MR) is 96.5 cm³/mol. The molecule has 3 N–H and O–H groups in total. The average Bonchev–Trinajstić information content (AvgIpc) is 2.64. The van der Waals surface area contributed by atoms with Gasteiger partial charge in [0.1, 0.15) is 31.0 Å². The highest BCUT2D eigenvalue weighted by Gasteiger charge is 2.44. The van der Waals surface area contributed by atoms with Crippen LogP contribution in [0.3, 0.4) is 0 Å². The van der Waals surface area contributed by atoms with E-state index in [4.69, 9.17) is 14.2 Å². The number of methoxy groups -OCH3 is 1. The maximum Gasteiger partial charge on any atom is 0.305 e.